The molecule has 0 aromatic rings. The van der Waals surface area contributed by atoms with Crippen molar-refractivity contribution in [3.63, 3.8) is 0 Å². The lowest BCUT2D eigenvalue weighted by molar-refractivity contribution is -0.161. The van der Waals surface area contributed by atoms with Crippen molar-refractivity contribution >= 4 is 19.8 Å². The van der Waals surface area contributed by atoms with Gasteiger partial charge in [0.15, 0.2) is 6.10 Å². The Morgan fingerprint density at radius 2 is 0.912 bits per heavy atom. The van der Waals surface area contributed by atoms with Crippen LogP contribution in [0, 0.1) is 0 Å². The van der Waals surface area contributed by atoms with Gasteiger partial charge in [0.1, 0.15) is 6.61 Å². The number of hydrogen-bond donors (Lipinski definition) is 2. The van der Waals surface area contributed by atoms with Crippen LogP contribution in [-0.2, 0) is 32.7 Å². The maximum absolute atomic E-state index is 12.6. The van der Waals surface area contributed by atoms with E-state index in [9.17, 15) is 19.0 Å². The minimum absolute atomic E-state index is 0.0450. The number of esters is 2. The van der Waals surface area contributed by atoms with E-state index in [1.807, 2.05) is 0 Å². The molecule has 0 spiro atoms. The zero-order valence-corrected chi connectivity index (χ0v) is 37.2. The first-order chi connectivity index (χ1) is 27.8. The van der Waals surface area contributed by atoms with Crippen LogP contribution in [0.15, 0.2) is 60.8 Å². The van der Waals surface area contributed by atoms with Crippen molar-refractivity contribution < 1.29 is 37.6 Å². The maximum Gasteiger partial charge on any atom is 0.472 e. The summed E-state index contributed by atoms with van der Waals surface area (Å²) in [6.45, 7) is 3.66. The van der Waals surface area contributed by atoms with Crippen LogP contribution in [0.5, 0.6) is 0 Å². The van der Waals surface area contributed by atoms with Crippen molar-refractivity contribution in [2.75, 3.05) is 26.4 Å². The lowest BCUT2D eigenvalue weighted by atomic mass is 10.1. The van der Waals surface area contributed by atoms with E-state index in [0.717, 1.165) is 70.6 Å². The molecule has 0 rings (SSSR count). The number of hydrogen-bond acceptors (Lipinski definition) is 8. The predicted octanol–water partition coefficient (Wildman–Crippen LogP) is 13.3. The van der Waals surface area contributed by atoms with Gasteiger partial charge in [0.05, 0.1) is 13.2 Å². The SMILES string of the molecule is CCCCCC=CCC=CCC=CCC=CCCCCCC(=O)OC(COC(=O)CCCCCCCCCC=CCCCCCCCC)COP(=O)(O)OCCN. The topological polar surface area (TPSA) is 134 Å². The summed E-state index contributed by atoms with van der Waals surface area (Å²) >= 11 is 0. The first-order valence-electron chi connectivity index (χ1n) is 22.8. The molecule has 0 saturated heterocycles. The van der Waals surface area contributed by atoms with Crippen LogP contribution in [0.1, 0.15) is 194 Å². The molecule has 9 nitrogen and oxygen atoms in total. The Morgan fingerprint density at radius 1 is 0.526 bits per heavy atom. The number of phosphoric acid groups is 1. The number of nitrogens with two attached hydrogens (primary N) is 1. The van der Waals surface area contributed by atoms with E-state index < -0.39 is 32.5 Å². The van der Waals surface area contributed by atoms with Gasteiger partial charge in [-0.2, -0.15) is 0 Å². The van der Waals surface area contributed by atoms with Crippen LogP contribution >= 0.6 is 7.82 Å². The molecule has 0 radical (unpaired) electrons. The van der Waals surface area contributed by atoms with E-state index in [4.69, 9.17) is 24.3 Å². The highest BCUT2D eigenvalue weighted by atomic mass is 31.2. The summed E-state index contributed by atoms with van der Waals surface area (Å²) in [5, 5.41) is 0. The molecule has 2 atom stereocenters. The van der Waals surface area contributed by atoms with Crippen molar-refractivity contribution in [1.82, 2.24) is 0 Å². The largest absolute Gasteiger partial charge is 0.472 e. The molecule has 10 heteroatoms. The van der Waals surface area contributed by atoms with E-state index in [2.05, 4.69) is 74.6 Å². The van der Waals surface area contributed by atoms with Gasteiger partial charge in [-0.15, -0.1) is 0 Å². The Labute approximate surface area is 349 Å². The third-order valence-electron chi connectivity index (χ3n) is 9.38. The predicted molar refractivity (Wildman–Crippen MR) is 238 cm³/mol. The lowest BCUT2D eigenvalue weighted by Crippen LogP contribution is -2.29. The number of allylic oxidation sites excluding steroid dienone is 10. The van der Waals surface area contributed by atoms with Gasteiger partial charge in [0, 0.05) is 19.4 Å². The zero-order chi connectivity index (χ0) is 41.8. The molecule has 0 heterocycles. The standard InChI is InChI=1S/C47H84NO8P/c1-3-5-7-9-11-13-15-17-19-21-22-24-26-28-30-32-34-36-38-40-47(50)56-45(44-55-57(51,52)54-42-41-48)43-53-46(49)39-37-35-33-31-29-27-25-23-20-18-16-14-12-10-8-6-4-2/h11,13,17-20,22,24,28,30,45H,3-10,12,14-16,21,23,25-27,29,31-44,48H2,1-2H3,(H,51,52). The highest BCUT2D eigenvalue weighted by Crippen LogP contribution is 2.43. The molecule has 330 valence electrons. The van der Waals surface area contributed by atoms with Crippen LogP contribution in [0.3, 0.4) is 0 Å². The van der Waals surface area contributed by atoms with Crippen LogP contribution < -0.4 is 5.73 Å². The molecule has 0 aromatic heterocycles. The molecule has 0 bridgehead atoms. The van der Waals surface area contributed by atoms with Crippen LogP contribution in [0.25, 0.3) is 0 Å². The maximum atomic E-state index is 12.6. The Hall–Kier alpha value is -2.29. The van der Waals surface area contributed by atoms with Crippen molar-refractivity contribution in [3.05, 3.63) is 60.8 Å². The highest BCUT2D eigenvalue weighted by molar-refractivity contribution is 7.47. The van der Waals surface area contributed by atoms with Crippen molar-refractivity contribution in [2.45, 2.75) is 200 Å². The molecule has 57 heavy (non-hydrogen) atoms. The smallest absolute Gasteiger partial charge is 0.462 e. The molecule has 0 aliphatic heterocycles. The number of carbonyl (C=O) groups is 2. The van der Waals surface area contributed by atoms with Crippen molar-refractivity contribution in [2.24, 2.45) is 5.73 Å². The number of unbranched alkanes of at least 4 members (excludes halogenated alkanes) is 19. The van der Waals surface area contributed by atoms with E-state index in [1.165, 1.54) is 89.9 Å². The second-order valence-electron chi connectivity index (χ2n) is 14.9. The molecule has 0 aliphatic rings. The van der Waals surface area contributed by atoms with Crippen LogP contribution in [-0.4, -0.2) is 49.3 Å². The molecule has 0 fully saturated rings. The molecule has 2 unspecified atom stereocenters. The number of carbonyl (C=O) groups excluding carboxylic acids is 2. The summed E-state index contributed by atoms with van der Waals surface area (Å²) in [5.74, 6) is -0.871. The Bertz CT molecular complexity index is 1120. The second-order valence-corrected chi connectivity index (χ2v) is 16.4. The molecular formula is C47H84NO8P. The molecule has 0 saturated carbocycles. The first kappa shape index (κ1) is 54.7. The summed E-state index contributed by atoms with van der Waals surface area (Å²) in [6, 6.07) is 0. The van der Waals surface area contributed by atoms with Crippen LogP contribution in [0.2, 0.25) is 0 Å². The summed E-state index contributed by atoms with van der Waals surface area (Å²) in [7, 11) is -4.39. The zero-order valence-electron chi connectivity index (χ0n) is 36.3. The van der Waals surface area contributed by atoms with E-state index >= 15 is 0 Å². The molecule has 3 N–H and O–H groups in total. The Kier molecular flexibility index (Phi) is 41.6. The number of ether oxygens (including phenoxy) is 2. The van der Waals surface area contributed by atoms with Gasteiger partial charge in [0.2, 0.25) is 0 Å². The quantitative estimate of drug-likeness (QED) is 0.0267. The summed E-state index contributed by atoms with van der Waals surface area (Å²) in [4.78, 5) is 34.9. The normalized spacial score (nSPS) is 13.8. The van der Waals surface area contributed by atoms with Gasteiger partial charge in [-0.05, 0) is 83.5 Å². The van der Waals surface area contributed by atoms with Gasteiger partial charge in [-0.25, -0.2) is 4.57 Å². The fourth-order valence-corrected chi connectivity index (χ4v) is 6.73. The number of phosphoric ester groups is 1. The van der Waals surface area contributed by atoms with Crippen LogP contribution in [0.4, 0.5) is 0 Å². The summed E-state index contributed by atoms with van der Waals surface area (Å²) in [6.07, 6.45) is 51.0. The average Bonchev–Trinajstić information content (AvgIpc) is 3.20. The highest BCUT2D eigenvalue weighted by Gasteiger charge is 2.26. The van der Waals surface area contributed by atoms with Gasteiger partial charge in [0.25, 0.3) is 0 Å². The van der Waals surface area contributed by atoms with E-state index in [0.29, 0.717) is 6.42 Å². The molecule has 0 aliphatic carbocycles. The molecule has 0 amide bonds. The third kappa shape index (κ3) is 43.1. The lowest BCUT2D eigenvalue weighted by Gasteiger charge is -2.19. The van der Waals surface area contributed by atoms with Gasteiger partial charge in [-0.1, -0.05) is 158 Å². The fraction of sp³-hybridized carbons (Fsp3) is 0.745. The average molecular weight is 822 g/mol. The van der Waals surface area contributed by atoms with Gasteiger partial charge < -0.3 is 20.1 Å². The van der Waals surface area contributed by atoms with E-state index in [1.54, 1.807) is 0 Å². The summed E-state index contributed by atoms with van der Waals surface area (Å²) in [5.41, 5.74) is 5.35. The molecular weight excluding hydrogens is 737 g/mol. The first-order valence-corrected chi connectivity index (χ1v) is 24.3. The number of rotatable bonds is 42. The Morgan fingerprint density at radius 3 is 1.42 bits per heavy atom. The minimum Gasteiger partial charge on any atom is -0.462 e. The Balaban J connectivity index is 4.21. The van der Waals surface area contributed by atoms with E-state index in [-0.39, 0.29) is 32.6 Å². The van der Waals surface area contributed by atoms with Gasteiger partial charge in [-0.3, -0.25) is 18.6 Å². The fourth-order valence-electron chi connectivity index (χ4n) is 5.96. The minimum atomic E-state index is -4.39. The van der Waals surface area contributed by atoms with Gasteiger partial charge >= 0.3 is 19.8 Å². The molecule has 0 aromatic carbocycles. The van der Waals surface area contributed by atoms with Crippen molar-refractivity contribution in [3.8, 4) is 0 Å². The summed E-state index contributed by atoms with van der Waals surface area (Å²) < 4.78 is 32.8. The third-order valence-corrected chi connectivity index (χ3v) is 10.4. The van der Waals surface area contributed by atoms with Crippen molar-refractivity contribution in [1.29, 1.82) is 0 Å². The second kappa shape index (κ2) is 43.3. The monoisotopic (exact) mass is 822 g/mol.